The molecule has 5 nitrogen and oxygen atoms in total. The molecule has 21 heavy (non-hydrogen) atoms. The van der Waals surface area contributed by atoms with Gasteiger partial charge in [0.2, 0.25) is 0 Å². The van der Waals surface area contributed by atoms with Crippen LogP contribution in [0.5, 0.6) is 0 Å². The van der Waals surface area contributed by atoms with Crippen molar-refractivity contribution in [1.29, 1.82) is 0 Å². The summed E-state index contributed by atoms with van der Waals surface area (Å²) in [5, 5.41) is 11.7. The van der Waals surface area contributed by atoms with E-state index in [9.17, 15) is 9.59 Å². The van der Waals surface area contributed by atoms with Crippen molar-refractivity contribution in [1.82, 2.24) is 10.2 Å². The molecule has 1 aromatic carbocycles. The number of hydrogen-bond acceptors (Lipinski definition) is 3. The second-order valence-electron chi connectivity index (χ2n) is 5.31. The summed E-state index contributed by atoms with van der Waals surface area (Å²) in [7, 11) is 1.67. The molecule has 0 aromatic heterocycles. The second-order valence-corrected chi connectivity index (χ2v) is 6.19. The van der Waals surface area contributed by atoms with Gasteiger partial charge in [0, 0.05) is 18.5 Å². The van der Waals surface area contributed by atoms with Crippen LogP contribution in [0.3, 0.4) is 0 Å². The van der Waals surface area contributed by atoms with Gasteiger partial charge >= 0.3 is 12.0 Å². The van der Waals surface area contributed by atoms with Gasteiger partial charge in [-0.25, -0.2) is 9.59 Å². The largest absolute Gasteiger partial charge is 0.480 e. The first-order valence-corrected chi connectivity index (χ1v) is 8.11. The van der Waals surface area contributed by atoms with Crippen molar-refractivity contribution in [2.75, 3.05) is 13.3 Å². The van der Waals surface area contributed by atoms with Crippen molar-refractivity contribution >= 4 is 23.8 Å². The van der Waals surface area contributed by atoms with Crippen molar-refractivity contribution in [2.45, 2.75) is 30.3 Å². The number of rotatable bonds is 6. The number of nitrogens with one attached hydrogen (secondary N) is 1. The molecule has 1 saturated carbocycles. The van der Waals surface area contributed by atoms with Crippen LogP contribution < -0.4 is 5.32 Å². The molecule has 0 spiro atoms. The summed E-state index contributed by atoms with van der Waals surface area (Å²) in [6, 6.07) is 6.85. The molecule has 2 rings (SSSR count). The lowest BCUT2D eigenvalue weighted by atomic mass is 10.2. The highest BCUT2D eigenvalue weighted by Crippen LogP contribution is 2.32. The van der Waals surface area contributed by atoms with Gasteiger partial charge in [-0.3, -0.25) is 0 Å². The van der Waals surface area contributed by atoms with Crippen molar-refractivity contribution in [2.24, 2.45) is 5.92 Å². The molecule has 6 heteroatoms. The number of amides is 2. The minimum atomic E-state index is -0.955. The van der Waals surface area contributed by atoms with Gasteiger partial charge in [-0.2, -0.15) is 0 Å². The van der Waals surface area contributed by atoms with Gasteiger partial charge in [0.1, 0.15) is 6.04 Å². The van der Waals surface area contributed by atoms with E-state index >= 15 is 0 Å². The molecule has 0 bridgehead atoms. The number of carboxylic acids is 1. The average Bonchev–Trinajstić information content (AvgIpc) is 3.28. The van der Waals surface area contributed by atoms with Gasteiger partial charge in [0.25, 0.3) is 0 Å². The summed E-state index contributed by atoms with van der Waals surface area (Å²) >= 11 is 1.65. The van der Waals surface area contributed by atoms with Crippen LogP contribution in [-0.2, 0) is 11.3 Å². The SMILES string of the molecule is CSc1cccc(CN(C)C(=O)N[C@H](C(=O)O)C2CC2)c1. The third-order valence-corrected chi connectivity index (χ3v) is 4.26. The fourth-order valence-corrected chi connectivity index (χ4v) is 2.65. The van der Waals surface area contributed by atoms with Crippen molar-refractivity contribution in [3.05, 3.63) is 29.8 Å². The lowest BCUT2D eigenvalue weighted by molar-refractivity contribution is -0.139. The number of nitrogens with zero attached hydrogens (tertiary/aromatic N) is 1. The molecule has 0 radical (unpaired) electrons. The maximum atomic E-state index is 12.1. The first-order valence-electron chi connectivity index (χ1n) is 6.88. The number of carbonyl (C=O) groups excluding carboxylic acids is 1. The molecule has 0 aliphatic heterocycles. The Kier molecular flexibility index (Phi) is 5.12. The number of hydrogen-bond donors (Lipinski definition) is 2. The molecule has 1 aromatic rings. The van der Waals surface area contributed by atoms with E-state index in [0.717, 1.165) is 23.3 Å². The van der Waals surface area contributed by atoms with E-state index in [1.807, 2.05) is 30.5 Å². The molecule has 1 fully saturated rings. The van der Waals surface area contributed by atoms with E-state index in [2.05, 4.69) is 5.32 Å². The highest BCUT2D eigenvalue weighted by atomic mass is 32.2. The Balaban J connectivity index is 1.93. The zero-order valence-corrected chi connectivity index (χ0v) is 13.0. The number of carbonyl (C=O) groups is 2. The summed E-state index contributed by atoms with van der Waals surface area (Å²) in [5.74, 6) is -0.872. The van der Waals surface area contributed by atoms with Crippen LogP contribution in [0.25, 0.3) is 0 Å². The van der Waals surface area contributed by atoms with E-state index in [1.165, 1.54) is 4.90 Å². The maximum Gasteiger partial charge on any atom is 0.326 e. The molecular formula is C15H20N2O3S. The lowest BCUT2D eigenvalue weighted by Gasteiger charge is -2.21. The maximum absolute atomic E-state index is 12.1. The average molecular weight is 308 g/mol. The van der Waals surface area contributed by atoms with Crippen LogP contribution in [0.4, 0.5) is 4.79 Å². The standard InChI is InChI=1S/C15H20N2O3S/c1-17(9-10-4-3-5-12(8-10)21-2)15(20)16-13(14(18)19)11-6-7-11/h3-5,8,11,13H,6-7,9H2,1-2H3,(H,16,20)(H,18,19)/t13-/m0/s1. The van der Waals surface area contributed by atoms with Crippen LogP contribution >= 0.6 is 11.8 Å². The highest BCUT2D eigenvalue weighted by molar-refractivity contribution is 7.98. The zero-order chi connectivity index (χ0) is 15.4. The summed E-state index contributed by atoms with van der Waals surface area (Å²) in [4.78, 5) is 25.9. The van der Waals surface area contributed by atoms with Gasteiger partial charge < -0.3 is 15.3 Å². The predicted molar refractivity (Wildman–Crippen MR) is 82.4 cm³/mol. The smallest absolute Gasteiger partial charge is 0.326 e. The van der Waals surface area contributed by atoms with Gasteiger partial charge in [-0.05, 0) is 42.7 Å². The Morgan fingerprint density at radius 2 is 2.19 bits per heavy atom. The summed E-state index contributed by atoms with van der Waals surface area (Å²) in [6.45, 7) is 0.456. The predicted octanol–water partition coefficient (Wildman–Crippen LogP) is 2.41. The number of urea groups is 1. The topological polar surface area (TPSA) is 69.6 Å². The van der Waals surface area contributed by atoms with Crippen LogP contribution in [0.15, 0.2) is 29.2 Å². The van der Waals surface area contributed by atoms with Gasteiger partial charge in [-0.1, -0.05) is 12.1 Å². The van der Waals surface area contributed by atoms with Crippen molar-refractivity contribution in [3.8, 4) is 0 Å². The summed E-state index contributed by atoms with van der Waals surface area (Å²) < 4.78 is 0. The molecule has 0 heterocycles. The number of benzene rings is 1. The third-order valence-electron chi connectivity index (χ3n) is 3.54. The van der Waals surface area contributed by atoms with E-state index in [-0.39, 0.29) is 11.9 Å². The van der Waals surface area contributed by atoms with E-state index in [1.54, 1.807) is 18.8 Å². The van der Waals surface area contributed by atoms with Gasteiger partial charge in [0.15, 0.2) is 0 Å². The summed E-state index contributed by atoms with van der Waals surface area (Å²) in [5.41, 5.74) is 1.03. The Bertz CT molecular complexity index is 531. The zero-order valence-electron chi connectivity index (χ0n) is 12.2. The van der Waals surface area contributed by atoms with Crippen LogP contribution in [0.1, 0.15) is 18.4 Å². The minimum Gasteiger partial charge on any atom is -0.480 e. The van der Waals surface area contributed by atoms with E-state index in [0.29, 0.717) is 6.54 Å². The van der Waals surface area contributed by atoms with E-state index < -0.39 is 12.0 Å². The van der Waals surface area contributed by atoms with Crippen LogP contribution in [0, 0.1) is 5.92 Å². The molecule has 1 atom stereocenters. The number of thioether (sulfide) groups is 1. The van der Waals surface area contributed by atoms with Crippen LogP contribution in [-0.4, -0.2) is 41.4 Å². The normalized spacial score (nSPS) is 15.3. The Morgan fingerprint density at radius 1 is 1.48 bits per heavy atom. The molecule has 2 amide bonds. The first-order chi connectivity index (χ1) is 10.0. The third kappa shape index (κ3) is 4.39. The molecule has 0 unspecified atom stereocenters. The molecule has 1 aliphatic rings. The van der Waals surface area contributed by atoms with Crippen molar-refractivity contribution < 1.29 is 14.7 Å². The quantitative estimate of drug-likeness (QED) is 0.792. The first kappa shape index (κ1) is 15.7. The van der Waals surface area contributed by atoms with Crippen LogP contribution in [0.2, 0.25) is 0 Å². The summed E-state index contributed by atoms with van der Waals surface area (Å²) in [6.07, 6.45) is 3.75. The molecule has 2 N–H and O–H groups in total. The Hall–Kier alpha value is -1.69. The van der Waals surface area contributed by atoms with Gasteiger partial charge in [0.05, 0.1) is 0 Å². The Labute approximate surface area is 128 Å². The molecule has 0 saturated heterocycles. The fraction of sp³-hybridized carbons (Fsp3) is 0.467. The minimum absolute atomic E-state index is 0.0830. The molecule has 114 valence electrons. The van der Waals surface area contributed by atoms with Crippen molar-refractivity contribution in [3.63, 3.8) is 0 Å². The molecular weight excluding hydrogens is 288 g/mol. The second kappa shape index (κ2) is 6.85. The lowest BCUT2D eigenvalue weighted by Crippen LogP contribution is -2.47. The fourth-order valence-electron chi connectivity index (χ4n) is 2.17. The number of carboxylic acid groups (broad SMARTS) is 1. The molecule has 1 aliphatic carbocycles. The monoisotopic (exact) mass is 308 g/mol. The Morgan fingerprint density at radius 3 is 2.76 bits per heavy atom. The number of aliphatic carboxylic acids is 1. The van der Waals surface area contributed by atoms with Gasteiger partial charge in [-0.15, -0.1) is 11.8 Å². The highest BCUT2D eigenvalue weighted by Gasteiger charge is 2.37. The van der Waals surface area contributed by atoms with E-state index in [4.69, 9.17) is 5.11 Å².